The molecule has 4 saturated heterocycles. The molecule has 24 heteroatoms. The predicted octanol–water partition coefficient (Wildman–Crippen LogP) is 7.68. The van der Waals surface area contributed by atoms with Gasteiger partial charge in [-0.1, -0.05) is 60.7 Å². The van der Waals surface area contributed by atoms with Crippen LogP contribution in [0.25, 0.3) is 0 Å². The van der Waals surface area contributed by atoms with Crippen LogP contribution < -0.4 is 5.73 Å². The summed E-state index contributed by atoms with van der Waals surface area (Å²) < 4.78 is 35.5. The maximum atomic E-state index is 12.8. The lowest BCUT2D eigenvalue weighted by Crippen LogP contribution is -2.55. The van der Waals surface area contributed by atoms with Crippen LogP contribution in [-0.4, -0.2) is 196 Å². The SMILES string of the molecule is CC(C)(C)OC(=O)N1CCC(=O)C[C@@H]1C(=O)O.COC(=O)[C@H]1CC(=O)CCN1C(=O)OC(C)(C)C.COC(=O)[C@H]1C[C@@H](N(Cc2ccccc2)Cc2ccccc2)CCN1C(=O)OC(C)(C)C.COC(=O)[C@H]1C[C@@H](N)CCN1C(=O)OC(C)(C)C. The molecular formula is C61H92N6O18. The summed E-state index contributed by atoms with van der Waals surface area (Å²) in [6, 6.07) is 17.4. The second-order valence-electron chi connectivity index (χ2n) is 25.0. The van der Waals surface area contributed by atoms with Gasteiger partial charge in [-0.2, -0.15) is 0 Å². The smallest absolute Gasteiger partial charge is 0.411 e. The van der Waals surface area contributed by atoms with Crippen molar-refractivity contribution in [1.82, 2.24) is 24.5 Å². The topological polar surface area (TPSA) is 298 Å². The average Bonchev–Trinajstić information content (AvgIpc) is 3.08. The molecule has 4 heterocycles. The molecule has 0 saturated carbocycles. The fourth-order valence-corrected chi connectivity index (χ4v) is 9.32. The molecule has 3 N–H and O–H groups in total. The molecular weight excluding hydrogens is 1100 g/mol. The molecule has 4 amide bonds. The molecule has 0 unspecified atom stereocenters. The first-order valence-corrected chi connectivity index (χ1v) is 28.5. The normalized spacial score (nSPS) is 21.0. The molecule has 6 atom stereocenters. The van der Waals surface area contributed by atoms with Gasteiger partial charge in [0.05, 0.1) is 21.3 Å². The van der Waals surface area contributed by atoms with E-state index in [1.807, 2.05) is 57.2 Å². The Hall–Kier alpha value is -7.34. The minimum Gasteiger partial charge on any atom is -0.480 e. The van der Waals surface area contributed by atoms with Crippen LogP contribution in [0.4, 0.5) is 19.2 Å². The quantitative estimate of drug-likeness (QED) is 0.180. The fraction of sp³-hybridized carbons (Fsp3) is 0.639. The highest BCUT2D eigenvalue weighted by Gasteiger charge is 2.43. The lowest BCUT2D eigenvalue weighted by Gasteiger charge is -2.42. The minimum atomic E-state index is -1.18. The van der Waals surface area contributed by atoms with Crippen LogP contribution in [0.5, 0.6) is 0 Å². The van der Waals surface area contributed by atoms with Gasteiger partial charge in [-0.3, -0.25) is 34.1 Å². The number of Topliss-reactive ketones (excluding diaryl/α,β-unsaturated/α-hetero) is 2. The van der Waals surface area contributed by atoms with E-state index >= 15 is 0 Å². The number of carboxylic acids is 1. The number of nitrogens with zero attached hydrogens (tertiary/aromatic N) is 5. The predicted molar refractivity (Wildman–Crippen MR) is 311 cm³/mol. The van der Waals surface area contributed by atoms with Crippen LogP contribution in [0.15, 0.2) is 60.7 Å². The van der Waals surface area contributed by atoms with Crippen LogP contribution in [0, 0.1) is 0 Å². The number of esters is 3. The Labute approximate surface area is 500 Å². The molecule has 0 aromatic heterocycles. The van der Waals surface area contributed by atoms with Gasteiger partial charge in [-0.05, 0) is 120 Å². The molecule has 24 nitrogen and oxygen atoms in total. The molecule has 4 aliphatic rings. The van der Waals surface area contributed by atoms with E-state index in [4.69, 9.17) is 39.3 Å². The molecule has 2 aromatic rings. The summed E-state index contributed by atoms with van der Waals surface area (Å²) in [5.41, 5.74) is 5.72. The maximum absolute atomic E-state index is 12.8. The molecule has 0 bridgehead atoms. The number of amides is 4. The zero-order valence-corrected chi connectivity index (χ0v) is 52.3. The summed E-state index contributed by atoms with van der Waals surface area (Å²) in [4.78, 5) is 126. The van der Waals surface area contributed by atoms with Gasteiger partial charge in [-0.25, -0.2) is 38.4 Å². The first-order valence-electron chi connectivity index (χ1n) is 28.5. The van der Waals surface area contributed by atoms with E-state index in [2.05, 4.69) is 33.9 Å². The van der Waals surface area contributed by atoms with Gasteiger partial charge >= 0.3 is 48.3 Å². The summed E-state index contributed by atoms with van der Waals surface area (Å²) in [6.07, 6.45) is 0.365. The first kappa shape index (κ1) is 71.9. The highest BCUT2D eigenvalue weighted by molar-refractivity contribution is 5.92. The standard InChI is InChI=1S/C26H34N2O4.C12H22N2O4.C12H19NO5.C11H17NO5/c1-26(2,3)32-25(30)28-16-15-22(17-23(28)24(29)31-4)27(18-20-11-7-5-8-12-20)19-21-13-9-6-10-14-21;1-12(2,3)18-11(16)14-6-5-8(13)7-9(14)10(15)17-4;1-12(2,3)18-11(16)13-6-5-8(14)7-9(13)10(15)17-4;1-11(2,3)17-10(16)12-5-4-7(13)6-8(12)9(14)15/h5-14,22-23H,15-19H2,1-4H3;8-9H,5-7,13H2,1-4H3;9H,5-7H2,1-4H3;8H,4-6H2,1-3H3,(H,14,15)/t22-,23+;8-,9+;9-;8-/m0011/s1. The molecule has 6 rings (SSSR count). The number of methoxy groups -OCH3 is 3. The van der Waals surface area contributed by atoms with Crippen LogP contribution in [0.1, 0.15) is 146 Å². The van der Waals surface area contributed by atoms with Crippen LogP contribution in [-0.2, 0) is 75.0 Å². The number of rotatable bonds is 9. The highest BCUT2D eigenvalue weighted by atomic mass is 16.6. The number of ketones is 2. The van der Waals surface area contributed by atoms with Crippen molar-refractivity contribution in [3.05, 3.63) is 71.8 Å². The highest BCUT2D eigenvalue weighted by Crippen LogP contribution is 2.29. The number of carboxylic acid groups (broad SMARTS) is 1. The van der Waals surface area contributed by atoms with E-state index in [1.165, 1.54) is 47.2 Å². The Kier molecular flexibility index (Phi) is 27.3. The van der Waals surface area contributed by atoms with E-state index in [-0.39, 0.29) is 62.4 Å². The van der Waals surface area contributed by atoms with Gasteiger partial charge < -0.3 is 44.0 Å². The zero-order chi connectivity index (χ0) is 64.2. The Morgan fingerprint density at radius 3 is 1.15 bits per heavy atom. The maximum Gasteiger partial charge on any atom is 0.411 e. The van der Waals surface area contributed by atoms with E-state index in [1.54, 1.807) is 62.3 Å². The van der Waals surface area contributed by atoms with Crippen molar-refractivity contribution in [2.75, 3.05) is 47.5 Å². The van der Waals surface area contributed by atoms with E-state index in [9.17, 15) is 47.9 Å². The van der Waals surface area contributed by atoms with Crippen molar-refractivity contribution in [2.45, 2.75) is 206 Å². The number of carbonyl (C=O) groups is 10. The molecule has 2 aromatic carbocycles. The van der Waals surface area contributed by atoms with Crippen molar-refractivity contribution in [3.63, 3.8) is 0 Å². The second-order valence-corrected chi connectivity index (χ2v) is 25.0. The Bertz CT molecular complexity index is 2530. The van der Waals surface area contributed by atoms with Crippen LogP contribution in [0.2, 0.25) is 0 Å². The number of hydrogen-bond donors (Lipinski definition) is 2. The number of aliphatic carboxylic acids is 1. The molecule has 0 spiro atoms. The number of likely N-dealkylation sites (tertiary alicyclic amines) is 4. The number of carbonyl (C=O) groups excluding carboxylic acids is 9. The third-order valence-electron chi connectivity index (χ3n) is 13.3. The van der Waals surface area contributed by atoms with Gasteiger partial charge in [0.15, 0.2) is 0 Å². The van der Waals surface area contributed by atoms with Gasteiger partial charge in [0, 0.05) is 77.0 Å². The third-order valence-corrected chi connectivity index (χ3v) is 13.3. The lowest BCUT2D eigenvalue weighted by atomic mass is 9.95. The van der Waals surface area contributed by atoms with E-state index in [0.717, 1.165) is 24.4 Å². The average molecular weight is 1200 g/mol. The van der Waals surface area contributed by atoms with Gasteiger partial charge in [0.2, 0.25) is 0 Å². The summed E-state index contributed by atoms with van der Waals surface area (Å²) in [7, 11) is 3.90. The van der Waals surface area contributed by atoms with Crippen molar-refractivity contribution < 1.29 is 86.2 Å². The summed E-state index contributed by atoms with van der Waals surface area (Å²) >= 11 is 0. The minimum absolute atomic E-state index is 0.00802. The molecule has 474 valence electrons. The number of hydrogen-bond acceptors (Lipinski definition) is 19. The Morgan fingerprint density at radius 1 is 0.482 bits per heavy atom. The summed E-state index contributed by atoms with van der Waals surface area (Å²) in [5.74, 6) is -2.81. The Morgan fingerprint density at radius 2 is 0.800 bits per heavy atom. The van der Waals surface area contributed by atoms with Crippen molar-refractivity contribution in [3.8, 4) is 0 Å². The number of ether oxygens (including phenoxy) is 7. The second kappa shape index (κ2) is 32.2. The molecule has 4 fully saturated rings. The van der Waals surface area contributed by atoms with E-state index < -0.39 is 94.8 Å². The van der Waals surface area contributed by atoms with Crippen molar-refractivity contribution in [1.29, 1.82) is 0 Å². The van der Waals surface area contributed by atoms with Crippen LogP contribution >= 0.6 is 0 Å². The Balaban J connectivity index is 0.000000311. The summed E-state index contributed by atoms with van der Waals surface area (Å²) in [6.45, 7) is 23.9. The van der Waals surface area contributed by atoms with E-state index in [0.29, 0.717) is 32.4 Å². The van der Waals surface area contributed by atoms with Crippen LogP contribution in [0.3, 0.4) is 0 Å². The van der Waals surface area contributed by atoms with Crippen molar-refractivity contribution >= 4 is 59.8 Å². The van der Waals surface area contributed by atoms with Gasteiger partial charge in [0.1, 0.15) is 58.1 Å². The molecule has 0 aliphatic carbocycles. The lowest BCUT2D eigenvalue weighted by molar-refractivity contribution is -0.150. The third kappa shape index (κ3) is 25.0. The molecule has 85 heavy (non-hydrogen) atoms. The number of piperidine rings is 4. The summed E-state index contributed by atoms with van der Waals surface area (Å²) in [5, 5.41) is 8.97. The monoisotopic (exact) mass is 1200 g/mol. The largest absolute Gasteiger partial charge is 0.480 e. The fourth-order valence-electron chi connectivity index (χ4n) is 9.32. The number of benzene rings is 2. The zero-order valence-electron chi connectivity index (χ0n) is 52.3. The van der Waals surface area contributed by atoms with Gasteiger partial charge in [0.25, 0.3) is 0 Å². The van der Waals surface area contributed by atoms with Gasteiger partial charge in [-0.15, -0.1) is 0 Å². The first-order chi connectivity index (χ1) is 39.5. The number of nitrogens with two attached hydrogens (primary N) is 1. The van der Waals surface area contributed by atoms with Crippen molar-refractivity contribution in [2.24, 2.45) is 5.73 Å². The molecule has 0 radical (unpaired) electrons. The molecule has 4 aliphatic heterocycles.